The number of rotatable bonds is 5. The molecule has 3 aromatic rings. The Labute approximate surface area is 209 Å². The predicted molar refractivity (Wildman–Crippen MR) is 136 cm³/mol. The van der Waals surface area contributed by atoms with Crippen LogP contribution in [-0.4, -0.2) is 47.0 Å². The van der Waals surface area contributed by atoms with E-state index in [0.717, 1.165) is 68.9 Å². The molecule has 2 fully saturated rings. The lowest BCUT2D eigenvalue weighted by atomic mass is 10.1. The van der Waals surface area contributed by atoms with Gasteiger partial charge in [0.15, 0.2) is 11.4 Å². The van der Waals surface area contributed by atoms with Gasteiger partial charge in [0.2, 0.25) is 11.9 Å². The first kappa shape index (κ1) is 22.6. The van der Waals surface area contributed by atoms with E-state index in [2.05, 4.69) is 14.8 Å². The molecule has 10 heteroatoms. The van der Waals surface area contributed by atoms with Crippen LogP contribution in [0.1, 0.15) is 56.0 Å². The van der Waals surface area contributed by atoms with E-state index in [9.17, 15) is 4.79 Å². The lowest BCUT2D eigenvalue weighted by Gasteiger charge is -2.34. The number of aryl methyl sites for hydroxylation is 1. The highest BCUT2D eigenvalue weighted by molar-refractivity contribution is 5.98. The van der Waals surface area contributed by atoms with Gasteiger partial charge in [0.1, 0.15) is 12.0 Å². The molecule has 0 saturated carbocycles. The summed E-state index contributed by atoms with van der Waals surface area (Å²) in [7, 11) is 0. The van der Waals surface area contributed by atoms with E-state index in [4.69, 9.17) is 24.9 Å². The minimum absolute atomic E-state index is 0.268. The first-order valence-corrected chi connectivity index (χ1v) is 12.8. The number of amides is 1. The van der Waals surface area contributed by atoms with Gasteiger partial charge in [-0.3, -0.25) is 14.7 Å². The largest absolute Gasteiger partial charge is 0.471 e. The zero-order chi connectivity index (χ0) is 24.6. The number of primary amides is 1. The molecule has 2 saturated heterocycles. The Morgan fingerprint density at radius 1 is 1.00 bits per heavy atom. The van der Waals surface area contributed by atoms with E-state index < -0.39 is 12.1 Å². The minimum Gasteiger partial charge on any atom is -0.471 e. The van der Waals surface area contributed by atoms with Gasteiger partial charge in [0.25, 0.3) is 11.9 Å². The Kier molecular flexibility index (Phi) is 5.86. The molecule has 188 valence electrons. The molecule has 0 bridgehead atoms. The van der Waals surface area contributed by atoms with Crippen LogP contribution in [0.25, 0.3) is 11.2 Å². The fourth-order valence-corrected chi connectivity index (χ4v) is 5.32. The summed E-state index contributed by atoms with van der Waals surface area (Å²) in [5, 5.41) is 0. The number of piperidine rings is 2. The smallest absolute Gasteiger partial charge is 0.299 e. The van der Waals surface area contributed by atoms with E-state index >= 15 is 0 Å². The summed E-state index contributed by atoms with van der Waals surface area (Å²) in [6, 6.07) is 6.37. The number of anilines is 3. The number of ether oxygens (including phenoxy) is 1. The topological polar surface area (TPSA) is 114 Å². The standard InChI is InChI=1S/C26H31N7O3/c1-17-14-18(8-9-28-17)25-33(20(16-35-25)22(27)34)19-15-21-23(29-24(19)31-10-4-2-5-11-31)30-26(36-21)32-12-6-3-7-13-32/h8-9,14-16,25H,2-7,10-13H2,1H3,(H2,27,34). The number of carbonyl (C=O) groups is 1. The van der Waals surface area contributed by atoms with Crippen molar-refractivity contribution < 1.29 is 13.9 Å². The Morgan fingerprint density at radius 2 is 1.72 bits per heavy atom. The monoisotopic (exact) mass is 489 g/mol. The van der Waals surface area contributed by atoms with E-state index in [1.165, 1.54) is 19.1 Å². The average Bonchev–Trinajstić information content (AvgIpc) is 3.53. The van der Waals surface area contributed by atoms with Gasteiger partial charge in [-0.1, -0.05) is 0 Å². The van der Waals surface area contributed by atoms with Crippen molar-refractivity contribution in [2.75, 3.05) is 40.9 Å². The first-order valence-electron chi connectivity index (χ1n) is 12.8. The van der Waals surface area contributed by atoms with Crippen molar-refractivity contribution in [1.82, 2.24) is 15.0 Å². The van der Waals surface area contributed by atoms with Crippen LogP contribution in [0, 0.1) is 6.92 Å². The Balaban J connectivity index is 1.49. The second-order valence-electron chi connectivity index (χ2n) is 9.70. The van der Waals surface area contributed by atoms with Crippen molar-refractivity contribution in [3.05, 3.63) is 47.6 Å². The number of aromatic nitrogens is 3. The number of hydrogen-bond acceptors (Lipinski definition) is 9. The molecular weight excluding hydrogens is 458 g/mol. The van der Waals surface area contributed by atoms with Crippen molar-refractivity contribution in [2.45, 2.75) is 51.7 Å². The maximum Gasteiger partial charge on any atom is 0.299 e. The van der Waals surface area contributed by atoms with Gasteiger partial charge >= 0.3 is 0 Å². The summed E-state index contributed by atoms with van der Waals surface area (Å²) in [5.74, 6) is 0.189. The molecule has 2 N–H and O–H groups in total. The van der Waals surface area contributed by atoms with Crippen molar-refractivity contribution in [3.8, 4) is 0 Å². The third-order valence-electron chi connectivity index (χ3n) is 7.13. The predicted octanol–water partition coefficient (Wildman–Crippen LogP) is 3.77. The highest BCUT2D eigenvalue weighted by Crippen LogP contribution is 2.43. The molecule has 3 aromatic heterocycles. The summed E-state index contributed by atoms with van der Waals surface area (Å²) >= 11 is 0. The van der Waals surface area contributed by atoms with Gasteiger partial charge in [0, 0.05) is 49.7 Å². The molecule has 0 aromatic carbocycles. The molecule has 1 unspecified atom stereocenters. The van der Waals surface area contributed by atoms with Crippen LogP contribution < -0.4 is 20.4 Å². The zero-order valence-electron chi connectivity index (χ0n) is 20.5. The molecule has 36 heavy (non-hydrogen) atoms. The van der Waals surface area contributed by atoms with Crippen molar-refractivity contribution >= 4 is 34.7 Å². The highest BCUT2D eigenvalue weighted by atomic mass is 16.5. The zero-order valence-corrected chi connectivity index (χ0v) is 20.5. The summed E-state index contributed by atoms with van der Waals surface area (Å²) in [6.07, 6.45) is 9.43. The Morgan fingerprint density at radius 3 is 2.42 bits per heavy atom. The molecular formula is C26H31N7O3. The van der Waals surface area contributed by atoms with Crippen LogP contribution in [0.5, 0.6) is 0 Å². The molecule has 3 aliphatic heterocycles. The average molecular weight is 490 g/mol. The molecule has 6 rings (SSSR count). The summed E-state index contributed by atoms with van der Waals surface area (Å²) in [6.45, 7) is 5.54. The molecule has 1 amide bonds. The first-order chi connectivity index (χ1) is 17.6. The van der Waals surface area contributed by atoms with Gasteiger partial charge in [-0.15, -0.1) is 0 Å². The second-order valence-corrected chi connectivity index (χ2v) is 9.70. The maximum absolute atomic E-state index is 12.5. The van der Waals surface area contributed by atoms with Gasteiger partial charge in [-0.2, -0.15) is 4.98 Å². The van der Waals surface area contributed by atoms with Crippen LogP contribution in [0.3, 0.4) is 0 Å². The fraction of sp³-hybridized carbons (Fsp3) is 0.462. The van der Waals surface area contributed by atoms with E-state index in [-0.39, 0.29) is 5.70 Å². The second kappa shape index (κ2) is 9.33. The SMILES string of the molecule is Cc1cc(C2OC=C(C(N)=O)N2c2cc3oc(N4CCCCC4)nc3nc2N2CCCCC2)ccn1. The number of carbonyl (C=O) groups excluding carboxylic acids is 1. The molecule has 0 aliphatic carbocycles. The summed E-state index contributed by atoms with van der Waals surface area (Å²) in [5.41, 5.74) is 9.67. The number of hydrogen-bond donors (Lipinski definition) is 1. The number of fused-ring (bicyclic) bond motifs is 1. The molecule has 0 radical (unpaired) electrons. The number of nitrogens with two attached hydrogens (primary N) is 1. The van der Waals surface area contributed by atoms with Crippen LogP contribution in [-0.2, 0) is 9.53 Å². The quantitative estimate of drug-likeness (QED) is 0.572. The van der Waals surface area contributed by atoms with Crippen molar-refractivity contribution in [1.29, 1.82) is 0 Å². The highest BCUT2D eigenvalue weighted by Gasteiger charge is 2.37. The van der Waals surface area contributed by atoms with Gasteiger partial charge in [0.05, 0.1) is 5.69 Å². The Hall–Kier alpha value is -3.82. The number of pyridine rings is 2. The normalized spacial score (nSPS) is 20.5. The number of oxazole rings is 1. The number of nitrogens with zero attached hydrogens (tertiary/aromatic N) is 6. The van der Waals surface area contributed by atoms with Gasteiger partial charge in [-0.25, -0.2) is 4.98 Å². The van der Waals surface area contributed by atoms with E-state index in [1.807, 2.05) is 30.0 Å². The lowest BCUT2D eigenvalue weighted by Crippen LogP contribution is -2.35. The van der Waals surface area contributed by atoms with Gasteiger partial charge < -0.3 is 24.7 Å². The van der Waals surface area contributed by atoms with E-state index in [0.29, 0.717) is 22.9 Å². The molecule has 10 nitrogen and oxygen atoms in total. The minimum atomic E-state index is -0.582. The summed E-state index contributed by atoms with van der Waals surface area (Å²) < 4.78 is 12.3. The molecule has 6 heterocycles. The molecule has 3 aliphatic rings. The Bertz CT molecular complexity index is 1310. The van der Waals surface area contributed by atoms with E-state index in [1.54, 1.807) is 6.20 Å². The van der Waals surface area contributed by atoms with Crippen LogP contribution in [0.15, 0.2) is 40.8 Å². The van der Waals surface area contributed by atoms with Crippen LogP contribution in [0.4, 0.5) is 17.5 Å². The van der Waals surface area contributed by atoms with Gasteiger partial charge in [-0.05, 0) is 57.6 Å². The van der Waals surface area contributed by atoms with Crippen molar-refractivity contribution in [3.63, 3.8) is 0 Å². The fourth-order valence-electron chi connectivity index (χ4n) is 5.32. The van der Waals surface area contributed by atoms with Crippen LogP contribution in [0.2, 0.25) is 0 Å². The van der Waals surface area contributed by atoms with Crippen molar-refractivity contribution in [2.24, 2.45) is 5.73 Å². The third kappa shape index (κ3) is 4.10. The lowest BCUT2D eigenvalue weighted by molar-refractivity contribution is -0.114. The molecule has 0 spiro atoms. The van der Waals surface area contributed by atoms with Crippen LogP contribution >= 0.6 is 0 Å². The maximum atomic E-state index is 12.5. The molecule has 1 atom stereocenters. The summed E-state index contributed by atoms with van der Waals surface area (Å²) in [4.78, 5) is 32.9. The third-order valence-corrected chi connectivity index (χ3v) is 7.13.